The molecule has 3 rings (SSSR count). The molecule has 2 aromatic carbocycles. The molecule has 0 aliphatic rings. The van der Waals surface area contributed by atoms with Gasteiger partial charge in [-0.05, 0) is 42.0 Å². The Morgan fingerprint density at radius 2 is 1.76 bits per heavy atom. The minimum atomic E-state index is -5.40. The molecule has 0 saturated carbocycles. The molecule has 3 aromatic rings. The highest BCUT2D eigenvalue weighted by Crippen LogP contribution is 2.29. The van der Waals surface area contributed by atoms with Gasteiger partial charge in [0.25, 0.3) is 0 Å². The van der Waals surface area contributed by atoms with Crippen molar-refractivity contribution in [3.63, 3.8) is 0 Å². The second-order valence-corrected chi connectivity index (χ2v) is 8.96. The number of nitrogens with one attached hydrogen (secondary N) is 2. The van der Waals surface area contributed by atoms with Crippen LogP contribution in [-0.4, -0.2) is 37.5 Å². The van der Waals surface area contributed by atoms with Crippen LogP contribution in [-0.2, 0) is 15.4 Å². The van der Waals surface area contributed by atoms with Crippen molar-refractivity contribution in [3.05, 3.63) is 48.0 Å². The first-order valence-corrected chi connectivity index (χ1v) is 10.1. The van der Waals surface area contributed by atoms with Crippen molar-refractivity contribution < 1.29 is 26.3 Å². The lowest BCUT2D eigenvalue weighted by atomic mass is 9.85. The van der Waals surface area contributed by atoms with E-state index in [4.69, 9.17) is 4.74 Å². The van der Waals surface area contributed by atoms with Gasteiger partial charge in [-0.25, -0.2) is 18.1 Å². The summed E-state index contributed by atoms with van der Waals surface area (Å²) in [7, 11) is -3.82. The highest BCUT2D eigenvalue weighted by molar-refractivity contribution is 7.90. The molecule has 0 bridgehead atoms. The lowest BCUT2D eigenvalue weighted by molar-refractivity contribution is -0.0448. The highest BCUT2D eigenvalue weighted by Gasteiger charge is 2.46. The minimum absolute atomic E-state index is 0.407. The number of sulfonamides is 1. The molecule has 0 atom stereocenters. The number of hydrogen-bond acceptors (Lipinski definition) is 4. The zero-order chi connectivity index (χ0) is 21.4. The zero-order valence-electron chi connectivity index (χ0n) is 16.0. The molecule has 2 N–H and O–H groups in total. The van der Waals surface area contributed by atoms with E-state index in [0.29, 0.717) is 16.9 Å². The monoisotopic (exact) mass is 427 g/mol. The second kappa shape index (κ2) is 7.34. The predicted molar refractivity (Wildman–Crippen MR) is 104 cm³/mol. The third kappa shape index (κ3) is 4.38. The molecular formula is C19H20F3N3O3S. The Kier molecular flexibility index (Phi) is 5.35. The first-order chi connectivity index (χ1) is 13.4. The molecule has 1 aromatic heterocycles. The Balaban J connectivity index is 1.86. The van der Waals surface area contributed by atoms with E-state index in [1.807, 2.05) is 24.3 Å². The predicted octanol–water partition coefficient (Wildman–Crippen LogP) is 3.96. The Morgan fingerprint density at radius 3 is 2.34 bits per heavy atom. The maximum atomic E-state index is 12.6. The molecule has 1 heterocycles. The van der Waals surface area contributed by atoms with Crippen LogP contribution in [0.4, 0.5) is 13.2 Å². The molecule has 0 amide bonds. The van der Waals surface area contributed by atoms with Gasteiger partial charge in [-0.2, -0.15) is 13.2 Å². The highest BCUT2D eigenvalue weighted by atomic mass is 32.2. The summed E-state index contributed by atoms with van der Waals surface area (Å²) < 4.78 is 67.0. The summed E-state index contributed by atoms with van der Waals surface area (Å²) >= 11 is 0. The lowest BCUT2D eigenvalue weighted by Gasteiger charge is -2.25. The van der Waals surface area contributed by atoms with E-state index in [-0.39, 0.29) is 0 Å². The fraction of sp³-hybridized carbons (Fsp3) is 0.316. The third-order valence-corrected chi connectivity index (χ3v) is 5.77. The number of methoxy groups -OCH3 is 1. The van der Waals surface area contributed by atoms with Crippen LogP contribution in [0.5, 0.6) is 5.75 Å². The molecule has 10 heteroatoms. The maximum absolute atomic E-state index is 12.6. The number of imidazole rings is 1. The fourth-order valence-electron chi connectivity index (χ4n) is 2.77. The molecule has 0 aliphatic carbocycles. The van der Waals surface area contributed by atoms with Crippen molar-refractivity contribution in [2.45, 2.75) is 24.8 Å². The minimum Gasteiger partial charge on any atom is -0.497 e. The SMILES string of the molecule is COc1ccc(-c2nc3cc(C(C)(C)CNS(=O)(=O)C(F)(F)F)ccc3[nH]2)cc1. The molecule has 156 valence electrons. The third-order valence-electron chi connectivity index (χ3n) is 4.64. The quantitative estimate of drug-likeness (QED) is 0.624. The maximum Gasteiger partial charge on any atom is 0.511 e. The van der Waals surface area contributed by atoms with Crippen molar-refractivity contribution in [1.29, 1.82) is 0 Å². The van der Waals surface area contributed by atoms with E-state index in [1.54, 1.807) is 43.9 Å². The number of rotatable bonds is 6. The number of nitrogens with zero attached hydrogens (tertiary/aromatic N) is 1. The van der Waals surface area contributed by atoms with Crippen LogP contribution >= 0.6 is 0 Å². The van der Waals surface area contributed by atoms with Gasteiger partial charge in [-0.1, -0.05) is 19.9 Å². The molecule has 0 fully saturated rings. The Labute approximate surface area is 166 Å². The van der Waals surface area contributed by atoms with Crippen LogP contribution in [0.25, 0.3) is 22.4 Å². The number of fused-ring (bicyclic) bond motifs is 1. The largest absolute Gasteiger partial charge is 0.511 e. The topological polar surface area (TPSA) is 84.1 Å². The standard InChI is InChI=1S/C19H20F3N3O3S/c1-18(2,11-23-29(26,27)19(20,21)22)13-6-9-15-16(10-13)25-17(24-15)12-4-7-14(28-3)8-5-12/h4-10,23H,11H2,1-3H3,(H,24,25). The van der Waals surface area contributed by atoms with Crippen LogP contribution in [0.3, 0.4) is 0 Å². The van der Waals surface area contributed by atoms with E-state index < -0.39 is 27.5 Å². The van der Waals surface area contributed by atoms with Gasteiger partial charge in [0.05, 0.1) is 18.1 Å². The summed E-state index contributed by atoms with van der Waals surface area (Å²) in [6.07, 6.45) is 0. The molecule has 0 radical (unpaired) electrons. The van der Waals surface area contributed by atoms with Crippen molar-refractivity contribution in [2.75, 3.05) is 13.7 Å². The van der Waals surface area contributed by atoms with Gasteiger partial charge in [0.1, 0.15) is 11.6 Å². The number of alkyl halides is 3. The lowest BCUT2D eigenvalue weighted by Crippen LogP contribution is -2.42. The Morgan fingerprint density at radius 1 is 1.10 bits per heavy atom. The molecule has 0 spiro atoms. The number of hydrogen-bond donors (Lipinski definition) is 2. The van der Waals surface area contributed by atoms with Crippen molar-refractivity contribution in [3.8, 4) is 17.1 Å². The first-order valence-electron chi connectivity index (χ1n) is 8.63. The summed E-state index contributed by atoms with van der Waals surface area (Å²) in [4.78, 5) is 7.74. The summed E-state index contributed by atoms with van der Waals surface area (Å²) in [6, 6.07) is 12.6. The van der Waals surface area contributed by atoms with Crippen LogP contribution in [0.1, 0.15) is 19.4 Å². The van der Waals surface area contributed by atoms with E-state index in [2.05, 4.69) is 9.97 Å². The average Bonchev–Trinajstić information content (AvgIpc) is 3.09. The number of aromatic amines is 1. The summed E-state index contributed by atoms with van der Waals surface area (Å²) in [5, 5.41) is 0. The summed E-state index contributed by atoms with van der Waals surface area (Å²) in [6.45, 7) is 2.91. The number of benzene rings is 2. The number of halogens is 3. The van der Waals surface area contributed by atoms with Gasteiger partial charge in [0.15, 0.2) is 0 Å². The fourth-order valence-corrected chi connectivity index (χ4v) is 3.49. The van der Waals surface area contributed by atoms with Gasteiger partial charge in [0.2, 0.25) is 0 Å². The smallest absolute Gasteiger partial charge is 0.497 e. The van der Waals surface area contributed by atoms with Gasteiger partial charge in [0, 0.05) is 17.5 Å². The second-order valence-electron chi connectivity index (χ2n) is 7.20. The van der Waals surface area contributed by atoms with Gasteiger partial charge in [-0.3, -0.25) is 0 Å². The van der Waals surface area contributed by atoms with Crippen LogP contribution in [0.2, 0.25) is 0 Å². The Bertz CT molecular complexity index is 1120. The first kappa shape index (κ1) is 21.1. The molecule has 0 saturated heterocycles. The zero-order valence-corrected chi connectivity index (χ0v) is 16.8. The van der Waals surface area contributed by atoms with E-state index in [9.17, 15) is 21.6 Å². The molecule has 0 unspecified atom stereocenters. The van der Waals surface area contributed by atoms with Gasteiger partial charge in [-0.15, -0.1) is 0 Å². The Hall–Kier alpha value is -2.59. The number of ether oxygens (including phenoxy) is 1. The van der Waals surface area contributed by atoms with Crippen LogP contribution in [0.15, 0.2) is 42.5 Å². The molecule has 29 heavy (non-hydrogen) atoms. The summed E-state index contributed by atoms with van der Waals surface area (Å²) in [5.74, 6) is 1.35. The number of H-pyrrole nitrogens is 1. The molecular weight excluding hydrogens is 407 g/mol. The van der Waals surface area contributed by atoms with Crippen molar-refractivity contribution in [1.82, 2.24) is 14.7 Å². The molecule has 0 aliphatic heterocycles. The average molecular weight is 427 g/mol. The van der Waals surface area contributed by atoms with Crippen molar-refractivity contribution in [2.24, 2.45) is 0 Å². The van der Waals surface area contributed by atoms with E-state index in [1.165, 1.54) is 0 Å². The van der Waals surface area contributed by atoms with Crippen LogP contribution < -0.4 is 9.46 Å². The number of aromatic nitrogens is 2. The molecule has 6 nitrogen and oxygen atoms in total. The van der Waals surface area contributed by atoms with Gasteiger partial charge >= 0.3 is 15.5 Å². The van der Waals surface area contributed by atoms with E-state index >= 15 is 0 Å². The normalized spacial score (nSPS) is 13.0. The van der Waals surface area contributed by atoms with Crippen molar-refractivity contribution >= 4 is 21.1 Å². The summed E-state index contributed by atoms with van der Waals surface area (Å²) in [5.41, 5.74) is -3.34. The van der Waals surface area contributed by atoms with Gasteiger partial charge < -0.3 is 9.72 Å². The van der Waals surface area contributed by atoms with E-state index in [0.717, 1.165) is 16.8 Å². The van der Waals surface area contributed by atoms with Crippen LogP contribution in [0, 0.1) is 0 Å².